The van der Waals surface area contributed by atoms with Crippen LogP contribution >= 0.6 is 0 Å². The summed E-state index contributed by atoms with van der Waals surface area (Å²) in [5, 5.41) is 0. The molecule has 0 aromatic heterocycles. The highest BCUT2D eigenvalue weighted by molar-refractivity contribution is 5.80. The molecule has 5 heteroatoms. The van der Waals surface area contributed by atoms with E-state index in [0.717, 1.165) is 18.6 Å². The predicted molar refractivity (Wildman–Crippen MR) is 76.5 cm³/mol. The number of hydrogen-bond donors (Lipinski definition) is 1. The number of rotatable bonds is 6. The fraction of sp³-hybridized carbons (Fsp3) is 0.533. The van der Waals surface area contributed by atoms with Gasteiger partial charge in [0, 0.05) is 13.6 Å². The summed E-state index contributed by atoms with van der Waals surface area (Å²) >= 11 is 0. The van der Waals surface area contributed by atoms with Gasteiger partial charge in [-0.15, -0.1) is 0 Å². The van der Waals surface area contributed by atoms with Crippen molar-refractivity contribution in [3.05, 3.63) is 30.3 Å². The van der Waals surface area contributed by atoms with Gasteiger partial charge in [-0.25, -0.2) is 0 Å². The molecule has 1 aliphatic rings. The minimum Gasteiger partial charge on any atom is -0.492 e. The second kappa shape index (κ2) is 7.26. The summed E-state index contributed by atoms with van der Waals surface area (Å²) in [5.41, 5.74) is 5.55. The first-order valence-electron chi connectivity index (χ1n) is 6.99. The minimum absolute atomic E-state index is 0.0117. The average molecular weight is 278 g/mol. The maximum atomic E-state index is 12.2. The average Bonchev–Trinajstić information content (AvgIpc) is 2.96. The van der Waals surface area contributed by atoms with Crippen LogP contribution in [0.3, 0.4) is 0 Å². The summed E-state index contributed by atoms with van der Waals surface area (Å²) in [6.07, 6.45) is 1.30. The number of carbonyl (C=O) groups is 1. The van der Waals surface area contributed by atoms with Crippen molar-refractivity contribution in [1.82, 2.24) is 4.90 Å². The monoisotopic (exact) mass is 278 g/mol. The molecule has 1 fully saturated rings. The van der Waals surface area contributed by atoms with Gasteiger partial charge < -0.3 is 20.1 Å². The molecule has 1 amide bonds. The largest absolute Gasteiger partial charge is 0.492 e. The Kier molecular flexibility index (Phi) is 5.38. The van der Waals surface area contributed by atoms with E-state index in [0.29, 0.717) is 19.7 Å². The summed E-state index contributed by atoms with van der Waals surface area (Å²) in [4.78, 5) is 13.8. The fourth-order valence-electron chi connectivity index (χ4n) is 2.23. The van der Waals surface area contributed by atoms with Crippen LogP contribution in [-0.4, -0.2) is 49.8 Å². The molecular formula is C15H22N2O3. The molecule has 110 valence electrons. The fourth-order valence-corrected chi connectivity index (χ4v) is 2.23. The summed E-state index contributed by atoms with van der Waals surface area (Å²) in [6.45, 7) is 1.49. The van der Waals surface area contributed by atoms with Gasteiger partial charge in [0.1, 0.15) is 18.5 Å². The third-order valence-electron chi connectivity index (χ3n) is 3.46. The molecule has 0 spiro atoms. The molecule has 1 aromatic rings. The molecule has 0 saturated carbocycles. The summed E-state index contributed by atoms with van der Waals surface area (Å²) in [7, 11) is 1.77. The molecular weight excluding hydrogens is 256 g/mol. The lowest BCUT2D eigenvalue weighted by Crippen LogP contribution is -2.39. The van der Waals surface area contributed by atoms with E-state index in [-0.39, 0.29) is 18.1 Å². The van der Waals surface area contributed by atoms with E-state index in [1.165, 1.54) is 0 Å². The van der Waals surface area contributed by atoms with E-state index in [1.54, 1.807) is 11.9 Å². The number of amides is 1. The van der Waals surface area contributed by atoms with Crippen molar-refractivity contribution in [1.29, 1.82) is 0 Å². The van der Waals surface area contributed by atoms with Crippen molar-refractivity contribution in [3.63, 3.8) is 0 Å². The van der Waals surface area contributed by atoms with Crippen LogP contribution in [0.1, 0.15) is 12.8 Å². The van der Waals surface area contributed by atoms with Gasteiger partial charge in [-0.05, 0) is 25.0 Å². The van der Waals surface area contributed by atoms with Gasteiger partial charge in [-0.1, -0.05) is 18.2 Å². The molecule has 5 nitrogen and oxygen atoms in total. The van der Waals surface area contributed by atoms with Crippen LogP contribution in [0.4, 0.5) is 0 Å². The molecule has 0 bridgehead atoms. The first kappa shape index (κ1) is 14.8. The zero-order valence-corrected chi connectivity index (χ0v) is 11.8. The summed E-state index contributed by atoms with van der Waals surface area (Å²) in [6, 6.07) is 9.57. The van der Waals surface area contributed by atoms with Crippen LogP contribution in [0.5, 0.6) is 5.75 Å². The van der Waals surface area contributed by atoms with Crippen molar-refractivity contribution in [2.24, 2.45) is 5.73 Å². The molecule has 1 aromatic carbocycles. The van der Waals surface area contributed by atoms with Crippen molar-refractivity contribution >= 4 is 5.91 Å². The molecule has 2 atom stereocenters. The first-order valence-corrected chi connectivity index (χ1v) is 6.99. The molecule has 0 unspecified atom stereocenters. The van der Waals surface area contributed by atoms with Crippen molar-refractivity contribution in [2.45, 2.75) is 25.0 Å². The summed E-state index contributed by atoms with van der Waals surface area (Å²) < 4.78 is 11.2. The quantitative estimate of drug-likeness (QED) is 0.844. The highest BCUT2D eigenvalue weighted by atomic mass is 16.5. The Morgan fingerprint density at radius 1 is 1.40 bits per heavy atom. The maximum Gasteiger partial charge on any atom is 0.251 e. The molecule has 2 rings (SSSR count). The van der Waals surface area contributed by atoms with Gasteiger partial charge in [0.25, 0.3) is 5.91 Å². The maximum absolute atomic E-state index is 12.2. The number of ether oxygens (including phenoxy) is 2. The third kappa shape index (κ3) is 3.95. The van der Waals surface area contributed by atoms with E-state index in [4.69, 9.17) is 15.2 Å². The van der Waals surface area contributed by atoms with E-state index >= 15 is 0 Å². The van der Waals surface area contributed by atoms with Crippen LogP contribution in [0.2, 0.25) is 0 Å². The Morgan fingerprint density at radius 3 is 2.80 bits per heavy atom. The third-order valence-corrected chi connectivity index (χ3v) is 3.46. The second-order valence-electron chi connectivity index (χ2n) is 4.98. The van der Waals surface area contributed by atoms with Gasteiger partial charge in [0.05, 0.1) is 12.6 Å². The molecule has 1 aliphatic heterocycles. The number of likely N-dealkylation sites (N-methyl/N-ethyl adjacent to an activating group) is 1. The molecule has 2 N–H and O–H groups in total. The predicted octanol–water partition coefficient (Wildman–Crippen LogP) is 1.03. The topological polar surface area (TPSA) is 64.8 Å². The number of para-hydroxylation sites is 1. The Bertz CT molecular complexity index is 424. The van der Waals surface area contributed by atoms with Crippen LogP contribution in [0, 0.1) is 0 Å². The number of nitrogens with zero attached hydrogens (tertiary/aromatic N) is 1. The molecule has 0 aliphatic carbocycles. The molecule has 1 heterocycles. The number of carbonyl (C=O) groups excluding carboxylic acids is 1. The van der Waals surface area contributed by atoms with E-state index in [1.807, 2.05) is 30.3 Å². The Balaban J connectivity index is 1.72. The van der Waals surface area contributed by atoms with Gasteiger partial charge in [-0.3, -0.25) is 4.79 Å². The second-order valence-corrected chi connectivity index (χ2v) is 4.98. The smallest absolute Gasteiger partial charge is 0.251 e. The first-order chi connectivity index (χ1) is 9.70. The Labute approximate surface area is 119 Å². The van der Waals surface area contributed by atoms with Crippen LogP contribution < -0.4 is 10.5 Å². The zero-order valence-electron chi connectivity index (χ0n) is 11.8. The summed E-state index contributed by atoms with van der Waals surface area (Å²) in [5.74, 6) is 0.825. The SMILES string of the molecule is CN(CCOc1ccccc1)C(=O)[C@@H]1CC[C@H](CN)O1. The number of nitrogens with two attached hydrogens (primary N) is 1. The lowest BCUT2D eigenvalue weighted by molar-refractivity contribution is -0.141. The van der Waals surface area contributed by atoms with Gasteiger partial charge in [-0.2, -0.15) is 0 Å². The van der Waals surface area contributed by atoms with Gasteiger partial charge in [0.2, 0.25) is 0 Å². The molecule has 20 heavy (non-hydrogen) atoms. The van der Waals surface area contributed by atoms with Crippen molar-refractivity contribution in [3.8, 4) is 5.75 Å². The lowest BCUT2D eigenvalue weighted by Gasteiger charge is -2.21. The standard InChI is InChI=1S/C15H22N2O3/c1-17(9-10-19-12-5-3-2-4-6-12)15(18)14-8-7-13(11-16)20-14/h2-6,13-14H,7-11,16H2,1H3/t13-,14+/m1/s1. The van der Waals surface area contributed by atoms with Crippen molar-refractivity contribution in [2.75, 3.05) is 26.7 Å². The highest BCUT2D eigenvalue weighted by Crippen LogP contribution is 2.20. The molecule has 0 radical (unpaired) electrons. The number of benzene rings is 1. The van der Waals surface area contributed by atoms with E-state index < -0.39 is 0 Å². The Morgan fingerprint density at radius 2 is 2.15 bits per heavy atom. The zero-order chi connectivity index (χ0) is 14.4. The van der Waals surface area contributed by atoms with Gasteiger partial charge >= 0.3 is 0 Å². The van der Waals surface area contributed by atoms with Crippen molar-refractivity contribution < 1.29 is 14.3 Å². The highest BCUT2D eigenvalue weighted by Gasteiger charge is 2.31. The van der Waals surface area contributed by atoms with Crippen LogP contribution in [0.25, 0.3) is 0 Å². The van der Waals surface area contributed by atoms with Crippen LogP contribution in [-0.2, 0) is 9.53 Å². The number of hydrogen-bond acceptors (Lipinski definition) is 4. The van der Waals surface area contributed by atoms with E-state index in [2.05, 4.69) is 0 Å². The minimum atomic E-state index is -0.342. The van der Waals surface area contributed by atoms with Gasteiger partial charge in [0.15, 0.2) is 0 Å². The molecule has 1 saturated heterocycles. The normalized spacial score (nSPS) is 21.7. The van der Waals surface area contributed by atoms with Crippen LogP contribution in [0.15, 0.2) is 30.3 Å². The Hall–Kier alpha value is -1.59. The van der Waals surface area contributed by atoms with E-state index in [9.17, 15) is 4.79 Å². The lowest BCUT2D eigenvalue weighted by atomic mass is 10.2.